The summed E-state index contributed by atoms with van der Waals surface area (Å²) >= 11 is 0. The van der Waals surface area contributed by atoms with Crippen LogP contribution in [0.4, 0.5) is 0 Å². The normalized spacial score (nSPS) is 24.8. The molecule has 0 radical (unpaired) electrons. The molecule has 11 atom stereocenters. The van der Waals surface area contributed by atoms with Gasteiger partial charge in [0.2, 0.25) is 0 Å². The maximum Gasteiger partial charge on any atom is 0.339 e. The van der Waals surface area contributed by atoms with E-state index in [0.717, 1.165) is 22.3 Å². The van der Waals surface area contributed by atoms with Crippen molar-refractivity contribution < 1.29 is 71.2 Å². The fraction of sp³-hybridized carbons (Fsp3) is 0.400. The Morgan fingerprint density at radius 1 is 0.500 bits per heavy atom. The van der Waals surface area contributed by atoms with Crippen molar-refractivity contribution in [2.24, 2.45) is 0 Å². The molecule has 2 aliphatic rings. The van der Waals surface area contributed by atoms with E-state index in [4.69, 9.17) is 56.8 Å². The van der Waals surface area contributed by atoms with Gasteiger partial charge in [0.15, 0.2) is 24.8 Å². The molecule has 0 N–H and O–H groups in total. The monoisotopic (exact) mass is 962 g/mol. The summed E-state index contributed by atoms with van der Waals surface area (Å²) in [7, 11) is 1.52. The second-order valence-corrected chi connectivity index (χ2v) is 16.7. The number of benzene rings is 5. The van der Waals surface area contributed by atoms with Gasteiger partial charge in [-0.05, 0) is 34.7 Å². The van der Waals surface area contributed by atoms with Gasteiger partial charge in [-0.25, -0.2) is 4.79 Å². The fourth-order valence-corrected chi connectivity index (χ4v) is 8.32. The van der Waals surface area contributed by atoms with Gasteiger partial charge in [-0.2, -0.15) is 0 Å². The van der Waals surface area contributed by atoms with Crippen LogP contribution >= 0.6 is 0 Å². The maximum absolute atomic E-state index is 14.0. The first-order valence-electron chi connectivity index (χ1n) is 23.5. The smallest absolute Gasteiger partial charge is 0.339 e. The quantitative estimate of drug-likeness (QED) is 0.0438. The van der Waals surface area contributed by atoms with E-state index in [2.05, 4.69) is 0 Å². The highest BCUT2D eigenvalue weighted by Crippen LogP contribution is 2.38. The van der Waals surface area contributed by atoms with Crippen LogP contribution in [0.3, 0.4) is 0 Å². The first-order valence-corrected chi connectivity index (χ1v) is 23.5. The second-order valence-electron chi connectivity index (χ2n) is 16.7. The Labute approximate surface area is 409 Å². The number of hydrogen-bond donors (Lipinski definition) is 0. The topological polar surface area (TPSA) is 162 Å². The van der Waals surface area contributed by atoms with Crippen LogP contribution in [0.25, 0.3) is 0 Å². The number of esters is 3. The Kier molecular flexibility index (Phi) is 20.0. The van der Waals surface area contributed by atoms with E-state index in [1.165, 1.54) is 21.0 Å². The number of rotatable bonds is 24. The van der Waals surface area contributed by atoms with E-state index in [1.807, 2.05) is 121 Å². The molecule has 5 aromatic carbocycles. The van der Waals surface area contributed by atoms with Gasteiger partial charge >= 0.3 is 17.9 Å². The summed E-state index contributed by atoms with van der Waals surface area (Å²) in [6.07, 6.45) is -12.9. The van der Waals surface area contributed by atoms with Crippen molar-refractivity contribution in [3.8, 4) is 0 Å². The second kappa shape index (κ2) is 26.9. The van der Waals surface area contributed by atoms with Crippen molar-refractivity contribution in [1.29, 1.82) is 0 Å². The zero-order chi connectivity index (χ0) is 49.1. The summed E-state index contributed by atoms with van der Waals surface area (Å²) < 4.78 is 77.6. The van der Waals surface area contributed by atoms with E-state index >= 15 is 0 Å². The largest absolute Gasteiger partial charge is 0.464 e. The molecule has 0 bridgehead atoms. The average molecular weight is 963 g/mol. The van der Waals surface area contributed by atoms with Gasteiger partial charge in [0.25, 0.3) is 0 Å². The predicted molar refractivity (Wildman–Crippen MR) is 253 cm³/mol. The highest BCUT2D eigenvalue weighted by molar-refractivity contribution is 5.76. The molecule has 2 fully saturated rings. The molecule has 2 saturated heterocycles. The maximum atomic E-state index is 14.0. The molecule has 2 aliphatic heterocycles. The molecule has 372 valence electrons. The van der Waals surface area contributed by atoms with Crippen LogP contribution < -0.4 is 0 Å². The molecule has 0 spiro atoms. The first kappa shape index (κ1) is 52.0. The van der Waals surface area contributed by atoms with Crippen molar-refractivity contribution in [3.63, 3.8) is 0 Å². The van der Waals surface area contributed by atoms with Gasteiger partial charge < -0.3 is 56.8 Å². The number of carbonyl (C=O) groups excluding carboxylic acids is 3. The number of hydrogen-bond acceptors (Lipinski definition) is 15. The number of ether oxygens (including phenoxy) is 12. The van der Waals surface area contributed by atoms with E-state index in [1.54, 1.807) is 37.3 Å². The lowest BCUT2D eigenvalue weighted by Crippen LogP contribution is -2.66. The lowest BCUT2D eigenvalue weighted by Gasteiger charge is -2.50. The first-order chi connectivity index (χ1) is 34.2. The molecular weight excluding hydrogens is 901 g/mol. The van der Waals surface area contributed by atoms with E-state index < -0.39 is 85.4 Å². The highest BCUT2D eigenvalue weighted by atomic mass is 16.8. The number of carbonyl (C=O) groups is 3. The molecular formula is C55H62O15. The molecule has 0 unspecified atom stereocenters. The molecule has 0 amide bonds. The van der Waals surface area contributed by atoms with Crippen molar-refractivity contribution in [2.75, 3.05) is 26.9 Å². The molecule has 5 aromatic rings. The van der Waals surface area contributed by atoms with Gasteiger partial charge in [0.1, 0.15) is 49.3 Å². The molecule has 0 aliphatic carbocycles. The predicted octanol–water partition coefficient (Wildman–Crippen LogP) is 7.63. The highest BCUT2D eigenvalue weighted by Gasteiger charge is 2.56. The van der Waals surface area contributed by atoms with Crippen LogP contribution in [0.2, 0.25) is 0 Å². The van der Waals surface area contributed by atoms with Gasteiger partial charge in [-0.3, -0.25) is 9.59 Å². The SMILES string of the molecule is CCOC(=O)[C@@H](O[C@H]1[C@@H](O[C@H]2[C@H](OCc3ccccc3)[C@@H](OCc3ccccc3)[C@@H](OC)O[C@@H]2COCc2ccccc2)O[C@H](COC(C)=O)[C@@H](OCc2ccccc2)[C@@H]1OC(C)=O)c1ccccc1. The molecule has 0 saturated carbocycles. The van der Waals surface area contributed by atoms with Crippen LogP contribution in [0.15, 0.2) is 152 Å². The van der Waals surface area contributed by atoms with Crippen molar-refractivity contribution in [2.45, 2.75) is 115 Å². The zero-order valence-electron chi connectivity index (χ0n) is 39.9. The Bertz CT molecular complexity index is 2310. The third kappa shape index (κ3) is 14.8. The van der Waals surface area contributed by atoms with E-state index in [-0.39, 0.29) is 46.2 Å². The van der Waals surface area contributed by atoms with Gasteiger partial charge in [-0.15, -0.1) is 0 Å². The van der Waals surface area contributed by atoms with E-state index in [9.17, 15) is 14.4 Å². The number of methoxy groups -OCH3 is 1. The summed E-state index contributed by atoms with van der Waals surface area (Å²) in [5, 5.41) is 0. The molecule has 15 heteroatoms. The fourth-order valence-electron chi connectivity index (χ4n) is 8.32. The third-order valence-corrected chi connectivity index (χ3v) is 11.6. The van der Waals surface area contributed by atoms with Gasteiger partial charge in [0, 0.05) is 21.0 Å². The molecule has 0 aromatic heterocycles. The van der Waals surface area contributed by atoms with Crippen LogP contribution in [0, 0.1) is 0 Å². The zero-order valence-corrected chi connectivity index (χ0v) is 39.9. The van der Waals surface area contributed by atoms with Crippen molar-refractivity contribution in [3.05, 3.63) is 179 Å². The Morgan fingerprint density at radius 3 is 1.47 bits per heavy atom. The van der Waals surface area contributed by atoms with E-state index in [0.29, 0.717) is 5.56 Å². The minimum Gasteiger partial charge on any atom is -0.464 e. The van der Waals surface area contributed by atoms with Crippen LogP contribution in [-0.4, -0.2) is 106 Å². The minimum absolute atomic E-state index is 0.0310. The minimum atomic E-state index is -1.52. The van der Waals surface area contributed by atoms with Gasteiger partial charge in [-0.1, -0.05) is 152 Å². The Hall–Kier alpha value is -5.85. The van der Waals surface area contributed by atoms with Crippen LogP contribution in [0.1, 0.15) is 54.7 Å². The van der Waals surface area contributed by atoms with Crippen molar-refractivity contribution in [1.82, 2.24) is 0 Å². The summed E-state index contributed by atoms with van der Waals surface area (Å²) in [4.78, 5) is 39.8. The third-order valence-electron chi connectivity index (χ3n) is 11.6. The average Bonchev–Trinajstić information content (AvgIpc) is 3.38. The summed E-state index contributed by atoms with van der Waals surface area (Å²) in [6.45, 7) is 4.43. The summed E-state index contributed by atoms with van der Waals surface area (Å²) in [5.41, 5.74) is 3.92. The Balaban J connectivity index is 1.34. The molecule has 7 rings (SSSR count). The van der Waals surface area contributed by atoms with Crippen molar-refractivity contribution >= 4 is 17.9 Å². The summed E-state index contributed by atoms with van der Waals surface area (Å²) in [5.74, 6) is -2.00. The van der Waals surface area contributed by atoms with Gasteiger partial charge in [0.05, 0.1) is 39.6 Å². The molecule has 70 heavy (non-hydrogen) atoms. The van der Waals surface area contributed by atoms with Crippen LogP contribution in [-0.2, 0) is 97.7 Å². The molecule has 2 heterocycles. The summed E-state index contributed by atoms with van der Waals surface area (Å²) in [6, 6.07) is 47.1. The standard InChI is InChI=1S/C55H62O15/c1-5-61-53(58)46(43-29-19-10-20-30-43)69-52-50(66-38(3)57)47(63-32-40-23-13-7-14-24-40)45(36-62-37(2)56)68-55(52)70-48-44(35-60-31-39-21-11-6-12-22-39)67-54(59-4)51(65-34-42-27-17-9-18-28-42)49(48)64-33-41-25-15-8-16-26-41/h6-30,44-52,54-55H,5,31-36H2,1-4H3/t44-,45-,46+,47-,48-,49+,50+,51-,52-,54+,55-/m1/s1. The van der Waals surface area contributed by atoms with Crippen LogP contribution in [0.5, 0.6) is 0 Å². The lowest BCUT2D eigenvalue weighted by atomic mass is 9.95. The molecule has 15 nitrogen and oxygen atoms in total. The Morgan fingerprint density at radius 2 is 0.971 bits per heavy atom. The lowest BCUT2D eigenvalue weighted by molar-refractivity contribution is -0.374.